The second-order valence-corrected chi connectivity index (χ2v) is 6.99. The van der Waals surface area contributed by atoms with Crippen molar-refractivity contribution in [1.29, 1.82) is 0 Å². The molecule has 0 heterocycles. The molecule has 0 radical (unpaired) electrons. The largest absolute Gasteiger partial charge is 0.488 e. The van der Waals surface area contributed by atoms with E-state index in [1.807, 2.05) is 19.1 Å². The number of hydrogen-bond donors (Lipinski definition) is 1. The third-order valence-electron chi connectivity index (χ3n) is 2.52. The zero-order chi connectivity index (χ0) is 16.5. The molecule has 0 aliphatic rings. The molecule has 0 saturated heterocycles. The van der Waals surface area contributed by atoms with Gasteiger partial charge in [-0.1, -0.05) is 29.8 Å². The van der Waals surface area contributed by atoms with Crippen LogP contribution in [0.4, 0.5) is 0 Å². The fourth-order valence-corrected chi connectivity index (χ4v) is 2.16. The highest BCUT2D eigenvalue weighted by molar-refractivity contribution is 9.10. The van der Waals surface area contributed by atoms with Gasteiger partial charge < -0.3 is 9.94 Å². The first-order valence-corrected chi connectivity index (χ1v) is 8.37. The Hall–Kier alpha value is -0.580. The lowest BCUT2D eigenvalue weighted by molar-refractivity contribution is -0.0900. The summed E-state index contributed by atoms with van der Waals surface area (Å²) in [6, 6.07) is 6.04. The van der Waals surface area contributed by atoms with E-state index in [4.69, 9.17) is 9.94 Å². The lowest BCUT2D eigenvalue weighted by atomic mass is 10.1. The van der Waals surface area contributed by atoms with Gasteiger partial charge in [0.1, 0.15) is 11.4 Å². The lowest BCUT2D eigenvalue weighted by Gasteiger charge is -2.22. The van der Waals surface area contributed by atoms with Gasteiger partial charge in [-0.3, -0.25) is 0 Å². The average molecular weight is 360 g/mol. The van der Waals surface area contributed by atoms with Crippen LogP contribution in [-0.2, 0) is 0 Å². The Balaban J connectivity index is 0.000000433. The van der Waals surface area contributed by atoms with Crippen molar-refractivity contribution in [2.75, 3.05) is 13.1 Å². The van der Waals surface area contributed by atoms with Crippen LogP contribution in [0.1, 0.15) is 53.0 Å². The van der Waals surface area contributed by atoms with Crippen molar-refractivity contribution in [2.45, 2.75) is 60.0 Å². The van der Waals surface area contributed by atoms with E-state index in [0.717, 1.165) is 41.7 Å². The van der Waals surface area contributed by atoms with Crippen molar-refractivity contribution in [3.63, 3.8) is 0 Å². The number of hydroxylamine groups is 2. The molecule has 1 aromatic carbocycles. The maximum absolute atomic E-state index is 8.88. The highest BCUT2D eigenvalue weighted by Gasteiger charge is 2.12. The fourth-order valence-electron chi connectivity index (χ4n) is 1.69. The van der Waals surface area contributed by atoms with Crippen LogP contribution in [0.3, 0.4) is 0 Å². The van der Waals surface area contributed by atoms with Gasteiger partial charge in [0.25, 0.3) is 0 Å². The number of rotatable bonds is 5. The maximum atomic E-state index is 8.88. The van der Waals surface area contributed by atoms with Crippen LogP contribution in [-0.4, -0.2) is 29.0 Å². The summed E-state index contributed by atoms with van der Waals surface area (Å²) in [5, 5.41) is 10.2. The van der Waals surface area contributed by atoms with E-state index < -0.39 is 0 Å². The maximum Gasteiger partial charge on any atom is 0.123 e. The summed E-state index contributed by atoms with van der Waals surface area (Å²) in [6.07, 6.45) is 2.05. The summed E-state index contributed by atoms with van der Waals surface area (Å²) in [4.78, 5) is 0. The highest BCUT2D eigenvalue weighted by atomic mass is 79.9. The quantitative estimate of drug-likeness (QED) is 0.711. The Morgan fingerprint density at radius 2 is 1.67 bits per heavy atom. The molecule has 21 heavy (non-hydrogen) atoms. The van der Waals surface area contributed by atoms with E-state index in [-0.39, 0.29) is 5.60 Å². The Morgan fingerprint density at radius 3 is 2.05 bits per heavy atom. The standard InChI is InChI=1S/C11H15BrO.C6H15NO/c1-8-7-9(12)5-6-10(8)13-11(2,3)4;1-3-5-7(8)6-4-2/h5-7H,1-4H3;8H,3-6H2,1-2H3. The van der Waals surface area contributed by atoms with Gasteiger partial charge in [0.15, 0.2) is 0 Å². The SMILES string of the molecule is CCCN(O)CCC.Cc1cc(Br)ccc1OC(C)(C)C. The molecule has 1 aromatic rings. The first kappa shape index (κ1) is 20.4. The molecule has 3 nitrogen and oxygen atoms in total. The van der Waals surface area contributed by atoms with Crippen LogP contribution in [0.15, 0.2) is 22.7 Å². The number of hydrogen-bond acceptors (Lipinski definition) is 3. The molecular weight excluding hydrogens is 330 g/mol. The van der Waals surface area contributed by atoms with Crippen molar-refractivity contribution >= 4 is 15.9 Å². The first-order chi connectivity index (χ1) is 9.69. The van der Waals surface area contributed by atoms with Crippen molar-refractivity contribution in [1.82, 2.24) is 5.06 Å². The fraction of sp³-hybridized carbons (Fsp3) is 0.647. The topological polar surface area (TPSA) is 32.7 Å². The zero-order valence-corrected chi connectivity index (χ0v) is 15.8. The highest BCUT2D eigenvalue weighted by Crippen LogP contribution is 2.25. The summed E-state index contributed by atoms with van der Waals surface area (Å²) in [5.74, 6) is 0.954. The Kier molecular flexibility index (Phi) is 9.92. The van der Waals surface area contributed by atoms with E-state index >= 15 is 0 Å². The van der Waals surface area contributed by atoms with Gasteiger partial charge in [-0.25, -0.2) is 0 Å². The molecule has 0 unspecified atom stereocenters. The summed E-state index contributed by atoms with van der Waals surface area (Å²) in [5.41, 5.74) is 1.03. The van der Waals surface area contributed by atoms with Gasteiger partial charge in [0.2, 0.25) is 0 Å². The van der Waals surface area contributed by atoms with E-state index in [0.29, 0.717) is 0 Å². The molecule has 0 saturated carbocycles. The summed E-state index contributed by atoms with van der Waals surface area (Å²) < 4.78 is 6.86. The van der Waals surface area contributed by atoms with E-state index in [2.05, 4.69) is 56.6 Å². The first-order valence-electron chi connectivity index (χ1n) is 7.58. The molecule has 4 heteroatoms. The van der Waals surface area contributed by atoms with Gasteiger partial charge in [0.05, 0.1) is 0 Å². The number of benzene rings is 1. The van der Waals surface area contributed by atoms with Gasteiger partial charge in [-0.05, 0) is 64.3 Å². The van der Waals surface area contributed by atoms with Crippen LogP contribution in [0, 0.1) is 6.92 Å². The predicted octanol–water partition coefficient (Wildman–Crippen LogP) is 5.43. The second kappa shape index (κ2) is 10.2. The molecule has 0 spiro atoms. The Morgan fingerprint density at radius 1 is 1.14 bits per heavy atom. The summed E-state index contributed by atoms with van der Waals surface area (Å²) >= 11 is 3.42. The monoisotopic (exact) mass is 359 g/mol. The van der Waals surface area contributed by atoms with Crippen LogP contribution < -0.4 is 4.74 Å². The number of halogens is 1. The second-order valence-electron chi connectivity index (χ2n) is 6.08. The molecule has 0 amide bonds. The van der Waals surface area contributed by atoms with Crippen molar-refractivity contribution in [2.24, 2.45) is 0 Å². The zero-order valence-electron chi connectivity index (χ0n) is 14.2. The van der Waals surface area contributed by atoms with Crippen LogP contribution in [0.25, 0.3) is 0 Å². The van der Waals surface area contributed by atoms with Crippen molar-refractivity contribution in [3.05, 3.63) is 28.2 Å². The van der Waals surface area contributed by atoms with Crippen LogP contribution in [0.2, 0.25) is 0 Å². The molecule has 0 aromatic heterocycles. The van der Waals surface area contributed by atoms with Gasteiger partial charge in [-0.15, -0.1) is 0 Å². The molecule has 1 N–H and O–H groups in total. The van der Waals surface area contributed by atoms with Gasteiger partial charge in [0, 0.05) is 17.6 Å². The normalized spacial score (nSPS) is 11.1. The van der Waals surface area contributed by atoms with Crippen LogP contribution >= 0.6 is 15.9 Å². The summed E-state index contributed by atoms with van der Waals surface area (Å²) in [6.45, 7) is 13.9. The predicted molar refractivity (Wildman–Crippen MR) is 93.2 cm³/mol. The molecule has 122 valence electrons. The van der Waals surface area contributed by atoms with E-state index in [1.165, 1.54) is 5.06 Å². The molecule has 0 fully saturated rings. The lowest BCUT2D eigenvalue weighted by Crippen LogP contribution is -2.23. The molecule has 0 aliphatic heterocycles. The Bertz CT molecular complexity index is 396. The van der Waals surface area contributed by atoms with Crippen LogP contribution in [0.5, 0.6) is 5.75 Å². The molecule has 0 aliphatic carbocycles. The summed E-state index contributed by atoms with van der Waals surface area (Å²) in [7, 11) is 0. The molecule has 1 rings (SSSR count). The molecule has 0 bridgehead atoms. The minimum Gasteiger partial charge on any atom is -0.488 e. The third-order valence-corrected chi connectivity index (χ3v) is 3.01. The number of aryl methyl sites for hydroxylation is 1. The third kappa shape index (κ3) is 10.7. The van der Waals surface area contributed by atoms with E-state index in [9.17, 15) is 0 Å². The molecular formula is C17H30BrNO2. The van der Waals surface area contributed by atoms with Crippen molar-refractivity contribution in [3.8, 4) is 5.75 Å². The van der Waals surface area contributed by atoms with Gasteiger partial charge >= 0.3 is 0 Å². The molecule has 0 atom stereocenters. The number of nitrogens with zero attached hydrogens (tertiary/aromatic N) is 1. The number of ether oxygens (including phenoxy) is 1. The Labute approximate surface area is 138 Å². The minimum absolute atomic E-state index is 0.126. The average Bonchev–Trinajstić information content (AvgIpc) is 2.33. The van der Waals surface area contributed by atoms with Crippen molar-refractivity contribution < 1.29 is 9.94 Å². The van der Waals surface area contributed by atoms with Gasteiger partial charge in [-0.2, -0.15) is 5.06 Å². The minimum atomic E-state index is -0.126. The van der Waals surface area contributed by atoms with E-state index in [1.54, 1.807) is 0 Å². The smallest absolute Gasteiger partial charge is 0.123 e.